The molecule has 0 aliphatic carbocycles. The van der Waals surface area contributed by atoms with Crippen LogP contribution in [0.3, 0.4) is 0 Å². The van der Waals surface area contributed by atoms with E-state index in [0.29, 0.717) is 47.0 Å². The highest BCUT2D eigenvalue weighted by Gasteiger charge is 2.27. The molecule has 0 bridgehead atoms. The molecule has 0 fully saturated rings. The molecule has 1 aromatic carbocycles. The van der Waals surface area contributed by atoms with Crippen molar-refractivity contribution < 1.29 is 4.79 Å². The Morgan fingerprint density at radius 2 is 2.07 bits per heavy atom. The van der Waals surface area contributed by atoms with Gasteiger partial charge in [0.2, 0.25) is 5.91 Å². The van der Waals surface area contributed by atoms with Crippen molar-refractivity contribution in [2.24, 2.45) is 0 Å². The van der Waals surface area contributed by atoms with Crippen molar-refractivity contribution in [3.05, 3.63) is 60.6 Å². The fraction of sp³-hybridized carbons (Fsp3) is 0.381. The van der Waals surface area contributed by atoms with Gasteiger partial charge in [0.25, 0.3) is 5.56 Å². The Labute approximate surface area is 176 Å². The minimum absolute atomic E-state index is 0.0211. The van der Waals surface area contributed by atoms with E-state index in [1.54, 1.807) is 40.7 Å². The quantitative estimate of drug-likeness (QED) is 0.634. The number of aromatic nitrogens is 2. The second kappa shape index (κ2) is 7.80. The molecule has 6 nitrogen and oxygen atoms in total. The molecule has 1 aliphatic heterocycles. The Morgan fingerprint density at radius 3 is 2.76 bits per heavy atom. The highest BCUT2D eigenvalue weighted by atomic mass is 35.5. The number of fused-ring (bicyclic) bond motifs is 3. The maximum atomic E-state index is 13.5. The summed E-state index contributed by atoms with van der Waals surface area (Å²) < 4.78 is 2.94. The number of aryl methyl sites for hydroxylation is 1. The van der Waals surface area contributed by atoms with Crippen LogP contribution in [0, 0.1) is 0 Å². The van der Waals surface area contributed by atoms with Gasteiger partial charge in [-0.05, 0) is 36.6 Å². The second-order valence-corrected chi connectivity index (χ2v) is 8.80. The highest BCUT2D eigenvalue weighted by molar-refractivity contribution is 7.18. The predicted octanol–water partition coefficient (Wildman–Crippen LogP) is 3.57. The van der Waals surface area contributed by atoms with E-state index in [1.807, 2.05) is 0 Å². The van der Waals surface area contributed by atoms with Crippen molar-refractivity contribution in [2.45, 2.75) is 46.2 Å². The molecule has 2 aromatic heterocycles. The van der Waals surface area contributed by atoms with Crippen LogP contribution in [-0.4, -0.2) is 26.5 Å². The fourth-order valence-corrected chi connectivity index (χ4v) is 5.39. The number of unbranched alkanes of at least 4 members (excludes halogenated alkanes) is 1. The number of hydrogen-bond donors (Lipinski definition) is 0. The number of thiophene rings is 1. The minimum Gasteiger partial charge on any atom is -0.337 e. The lowest BCUT2D eigenvalue weighted by Gasteiger charge is -2.25. The fourth-order valence-electron chi connectivity index (χ4n) is 3.83. The van der Waals surface area contributed by atoms with Crippen LogP contribution < -0.4 is 11.2 Å². The summed E-state index contributed by atoms with van der Waals surface area (Å²) in [4.78, 5) is 42.1. The van der Waals surface area contributed by atoms with E-state index >= 15 is 0 Å². The summed E-state index contributed by atoms with van der Waals surface area (Å²) in [6.45, 7) is 5.24. The number of rotatable bonds is 4. The van der Waals surface area contributed by atoms with Crippen LogP contribution in [0.25, 0.3) is 15.9 Å². The van der Waals surface area contributed by atoms with Crippen molar-refractivity contribution in [3.8, 4) is 5.69 Å². The molecule has 0 N–H and O–H groups in total. The summed E-state index contributed by atoms with van der Waals surface area (Å²) in [5.41, 5.74) is 0.781. The van der Waals surface area contributed by atoms with E-state index in [-0.39, 0.29) is 17.2 Å². The Morgan fingerprint density at radius 1 is 1.28 bits per heavy atom. The SMILES string of the molecule is CCCCn1c(=O)n(-c2cccc(Cl)c2)c(=O)c2c3c(sc21)CN(C(C)=O)CC3. The van der Waals surface area contributed by atoms with Crippen LogP contribution in [0.4, 0.5) is 0 Å². The van der Waals surface area contributed by atoms with E-state index < -0.39 is 0 Å². The molecule has 0 spiro atoms. The van der Waals surface area contributed by atoms with Gasteiger partial charge in [0.15, 0.2) is 0 Å². The predicted molar refractivity (Wildman–Crippen MR) is 116 cm³/mol. The van der Waals surface area contributed by atoms with Gasteiger partial charge in [0.05, 0.1) is 17.6 Å². The van der Waals surface area contributed by atoms with E-state index in [1.165, 1.54) is 15.9 Å². The van der Waals surface area contributed by atoms with Crippen molar-refractivity contribution in [1.82, 2.24) is 14.0 Å². The number of nitrogens with zero attached hydrogens (tertiary/aromatic N) is 3. The van der Waals surface area contributed by atoms with Crippen LogP contribution >= 0.6 is 22.9 Å². The van der Waals surface area contributed by atoms with Gasteiger partial charge in [0, 0.05) is 29.9 Å². The minimum atomic E-state index is -0.347. The summed E-state index contributed by atoms with van der Waals surface area (Å²) >= 11 is 7.58. The molecule has 4 rings (SSSR count). The van der Waals surface area contributed by atoms with E-state index in [2.05, 4.69) is 6.92 Å². The molecule has 0 saturated carbocycles. The molecule has 0 unspecified atom stereocenters. The maximum Gasteiger partial charge on any atom is 0.336 e. The summed E-state index contributed by atoms with van der Waals surface area (Å²) in [6, 6.07) is 6.81. The third kappa shape index (κ3) is 3.42. The molecule has 0 radical (unpaired) electrons. The zero-order chi connectivity index (χ0) is 20.7. The Balaban J connectivity index is 2.02. The number of carbonyl (C=O) groups excluding carboxylic acids is 1. The first-order valence-corrected chi connectivity index (χ1v) is 10.9. The average Bonchev–Trinajstić information content (AvgIpc) is 3.06. The molecular weight excluding hydrogens is 410 g/mol. The lowest BCUT2D eigenvalue weighted by Crippen LogP contribution is -2.39. The van der Waals surface area contributed by atoms with Gasteiger partial charge in [0.1, 0.15) is 4.83 Å². The van der Waals surface area contributed by atoms with Crippen LogP contribution in [0.1, 0.15) is 37.1 Å². The van der Waals surface area contributed by atoms with Gasteiger partial charge in [-0.25, -0.2) is 9.36 Å². The summed E-state index contributed by atoms with van der Waals surface area (Å²) in [7, 11) is 0. The number of hydrogen-bond acceptors (Lipinski definition) is 4. The molecule has 1 aliphatic rings. The molecule has 152 valence electrons. The third-order valence-corrected chi connectivity index (χ3v) is 6.84. The van der Waals surface area contributed by atoms with Gasteiger partial charge in [-0.3, -0.25) is 14.2 Å². The monoisotopic (exact) mass is 431 g/mol. The van der Waals surface area contributed by atoms with Gasteiger partial charge >= 0.3 is 5.69 Å². The van der Waals surface area contributed by atoms with E-state index in [0.717, 1.165) is 23.3 Å². The molecule has 3 heterocycles. The van der Waals surface area contributed by atoms with Crippen molar-refractivity contribution >= 4 is 39.1 Å². The number of halogens is 1. The molecule has 3 aromatic rings. The van der Waals surface area contributed by atoms with Crippen molar-refractivity contribution in [1.29, 1.82) is 0 Å². The van der Waals surface area contributed by atoms with Crippen molar-refractivity contribution in [2.75, 3.05) is 6.54 Å². The van der Waals surface area contributed by atoms with Gasteiger partial charge in [-0.2, -0.15) is 0 Å². The normalized spacial score (nSPS) is 13.7. The van der Waals surface area contributed by atoms with Gasteiger partial charge < -0.3 is 4.90 Å². The second-order valence-electron chi connectivity index (χ2n) is 7.28. The van der Waals surface area contributed by atoms with Gasteiger partial charge in [-0.15, -0.1) is 11.3 Å². The molecule has 0 saturated heterocycles. The molecule has 0 atom stereocenters. The summed E-state index contributed by atoms with van der Waals surface area (Å²) in [6.07, 6.45) is 2.39. The maximum absolute atomic E-state index is 13.5. The topological polar surface area (TPSA) is 64.3 Å². The van der Waals surface area contributed by atoms with Crippen molar-refractivity contribution in [3.63, 3.8) is 0 Å². The zero-order valence-corrected chi connectivity index (χ0v) is 18.0. The number of benzene rings is 1. The summed E-state index contributed by atoms with van der Waals surface area (Å²) in [5.74, 6) is 0.0211. The lowest BCUT2D eigenvalue weighted by atomic mass is 10.1. The third-order valence-electron chi connectivity index (χ3n) is 5.37. The highest BCUT2D eigenvalue weighted by Crippen LogP contribution is 2.33. The number of amides is 1. The number of carbonyl (C=O) groups is 1. The van der Waals surface area contributed by atoms with E-state index in [4.69, 9.17) is 11.6 Å². The smallest absolute Gasteiger partial charge is 0.336 e. The average molecular weight is 432 g/mol. The lowest BCUT2D eigenvalue weighted by molar-refractivity contribution is -0.129. The Kier molecular flexibility index (Phi) is 5.36. The standard InChI is InChI=1S/C21H22ClN3O3S/c1-3-4-9-24-20-18(16-8-10-23(13(2)26)12-17(16)29-20)19(27)25(21(24)28)15-7-5-6-14(22)11-15/h5-7,11H,3-4,8-10,12H2,1-2H3. The first-order chi connectivity index (χ1) is 13.9. The molecule has 29 heavy (non-hydrogen) atoms. The van der Waals surface area contributed by atoms with Crippen LogP contribution in [-0.2, 0) is 24.3 Å². The molecular formula is C21H22ClN3O3S. The van der Waals surface area contributed by atoms with Crippen LogP contribution in [0.15, 0.2) is 33.9 Å². The molecule has 1 amide bonds. The Bertz CT molecular complexity index is 1220. The van der Waals surface area contributed by atoms with Gasteiger partial charge in [-0.1, -0.05) is 31.0 Å². The Hall–Kier alpha value is -2.38. The summed E-state index contributed by atoms with van der Waals surface area (Å²) in [5, 5.41) is 1.07. The van der Waals surface area contributed by atoms with Crippen LogP contribution in [0.5, 0.6) is 0 Å². The zero-order valence-electron chi connectivity index (χ0n) is 16.4. The first-order valence-electron chi connectivity index (χ1n) is 9.74. The molecule has 8 heteroatoms. The largest absolute Gasteiger partial charge is 0.337 e. The van der Waals surface area contributed by atoms with Crippen LogP contribution in [0.2, 0.25) is 5.02 Å². The first kappa shape index (κ1) is 19.9. The van der Waals surface area contributed by atoms with E-state index in [9.17, 15) is 14.4 Å².